The van der Waals surface area contributed by atoms with Gasteiger partial charge in [0, 0.05) is 10.0 Å². The van der Waals surface area contributed by atoms with Gasteiger partial charge in [0.25, 0.3) is 0 Å². The van der Waals surface area contributed by atoms with Crippen molar-refractivity contribution in [1.29, 1.82) is 0 Å². The summed E-state index contributed by atoms with van der Waals surface area (Å²) in [5.41, 5.74) is 6.11. The Hall–Kier alpha value is -1.95. The number of carbonyl (C=O) groups excluding carboxylic acids is 1. The van der Waals surface area contributed by atoms with E-state index in [9.17, 15) is 10.0 Å². The van der Waals surface area contributed by atoms with Gasteiger partial charge < -0.3 is 10.5 Å². The van der Waals surface area contributed by atoms with Gasteiger partial charge in [-0.1, -0.05) is 35.3 Å². The molecule has 0 spiro atoms. The van der Waals surface area contributed by atoms with Crippen LogP contribution in [0.4, 0.5) is 4.79 Å². The molecule has 1 aliphatic carbocycles. The number of nitrogens with zero attached hydrogens (tertiary/aromatic N) is 1. The molecule has 0 saturated heterocycles. The molecule has 1 aliphatic rings. The van der Waals surface area contributed by atoms with Crippen LogP contribution in [0.3, 0.4) is 0 Å². The van der Waals surface area contributed by atoms with E-state index in [1.54, 1.807) is 18.2 Å². The highest BCUT2D eigenvalue weighted by Crippen LogP contribution is 2.48. The number of urea groups is 1. The maximum atomic E-state index is 10.9. The topological polar surface area (TPSA) is 75.8 Å². The van der Waals surface area contributed by atoms with Crippen LogP contribution in [0.5, 0.6) is 11.5 Å². The lowest BCUT2D eigenvalue weighted by Crippen LogP contribution is -2.34. The quantitative estimate of drug-likeness (QED) is 0.596. The van der Waals surface area contributed by atoms with Crippen LogP contribution in [0.25, 0.3) is 0 Å². The monoisotopic (exact) mass is 366 g/mol. The second kappa shape index (κ2) is 6.89. The van der Waals surface area contributed by atoms with Crippen molar-refractivity contribution in [1.82, 2.24) is 5.06 Å². The molecular formula is C17H16Cl2N2O3. The molecule has 2 atom stereocenters. The minimum atomic E-state index is -0.837. The number of ether oxygens (including phenoxy) is 1. The molecule has 1 saturated carbocycles. The van der Waals surface area contributed by atoms with Gasteiger partial charge in [0.1, 0.15) is 11.5 Å². The summed E-state index contributed by atoms with van der Waals surface area (Å²) in [4.78, 5) is 10.9. The van der Waals surface area contributed by atoms with Crippen molar-refractivity contribution >= 4 is 29.2 Å². The Morgan fingerprint density at radius 3 is 2.58 bits per heavy atom. The number of hydrogen-bond donors (Lipinski definition) is 2. The largest absolute Gasteiger partial charge is 0.457 e. The van der Waals surface area contributed by atoms with Gasteiger partial charge in [-0.15, -0.1) is 0 Å². The van der Waals surface area contributed by atoms with Crippen LogP contribution >= 0.6 is 23.2 Å². The lowest BCUT2D eigenvalue weighted by atomic mass is 10.1. The van der Waals surface area contributed by atoms with Crippen LogP contribution in [-0.4, -0.2) is 22.8 Å². The average molecular weight is 367 g/mol. The predicted molar refractivity (Wildman–Crippen MR) is 91.9 cm³/mol. The molecule has 0 heterocycles. The van der Waals surface area contributed by atoms with E-state index < -0.39 is 6.03 Å². The van der Waals surface area contributed by atoms with E-state index in [1.807, 2.05) is 24.3 Å². The number of benzene rings is 2. The van der Waals surface area contributed by atoms with Gasteiger partial charge in [-0.3, -0.25) is 5.21 Å². The molecule has 3 rings (SSSR count). The highest BCUT2D eigenvalue weighted by molar-refractivity contribution is 6.34. The molecule has 2 amide bonds. The molecule has 0 aromatic heterocycles. The number of carbonyl (C=O) groups is 1. The SMILES string of the molecule is NC(=O)N(O)C[C@@H]1C[C@H]1c1cccc(Oc2cc(Cl)cc(Cl)c2)c1. The van der Waals surface area contributed by atoms with Crippen molar-refractivity contribution in [3.8, 4) is 11.5 Å². The van der Waals surface area contributed by atoms with Crippen molar-refractivity contribution in [2.24, 2.45) is 11.7 Å². The molecular weight excluding hydrogens is 351 g/mol. The van der Waals surface area contributed by atoms with Gasteiger partial charge in [0.05, 0.1) is 6.54 Å². The highest BCUT2D eigenvalue weighted by atomic mass is 35.5. The Kier molecular flexibility index (Phi) is 4.85. The maximum Gasteiger partial charge on any atom is 0.338 e. The molecule has 0 bridgehead atoms. The zero-order valence-electron chi connectivity index (χ0n) is 12.7. The van der Waals surface area contributed by atoms with E-state index in [4.69, 9.17) is 33.7 Å². The van der Waals surface area contributed by atoms with E-state index in [1.165, 1.54) is 0 Å². The number of nitrogens with two attached hydrogens (primary N) is 1. The van der Waals surface area contributed by atoms with Crippen LogP contribution in [0.2, 0.25) is 10.0 Å². The molecule has 2 aromatic carbocycles. The van der Waals surface area contributed by atoms with Gasteiger partial charge in [-0.05, 0) is 54.2 Å². The summed E-state index contributed by atoms with van der Waals surface area (Å²) in [6.07, 6.45) is 0.886. The van der Waals surface area contributed by atoms with Crippen LogP contribution in [-0.2, 0) is 0 Å². The lowest BCUT2D eigenvalue weighted by Gasteiger charge is -2.12. The van der Waals surface area contributed by atoms with Crippen molar-refractivity contribution < 1.29 is 14.7 Å². The van der Waals surface area contributed by atoms with E-state index in [0.717, 1.165) is 12.0 Å². The smallest absolute Gasteiger partial charge is 0.338 e. The first-order chi connectivity index (χ1) is 11.4. The Labute approximate surface area is 149 Å². The molecule has 0 aliphatic heterocycles. The zero-order valence-corrected chi connectivity index (χ0v) is 14.2. The van der Waals surface area contributed by atoms with E-state index in [-0.39, 0.29) is 18.4 Å². The molecule has 7 heteroatoms. The second-order valence-electron chi connectivity index (χ2n) is 5.80. The lowest BCUT2D eigenvalue weighted by molar-refractivity contribution is -0.0431. The average Bonchev–Trinajstić information content (AvgIpc) is 3.25. The molecule has 0 radical (unpaired) electrons. The molecule has 126 valence electrons. The zero-order chi connectivity index (χ0) is 17.3. The van der Waals surface area contributed by atoms with E-state index in [2.05, 4.69) is 0 Å². The summed E-state index contributed by atoms with van der Waals surface area (Å²) < 4.78 is 5.81. The fraction of sp³-hybridized carbons (Fsp3) is 0.235. The molecule has 2 aromatic rings. The first kappa shape index (κ1) is 16.9. The van der Waals surface area contributed by atoms with E-state index in [0.29, 0.717) is 26.6 Å². The first-order valence-electron chi connectivity index (χ1n) is 7.42. The van der Waals surface area contributed by atoms with Gasteiger partial charge in [0.15, 0.2) is 0 Å². The maximum absolute atomic E-state index is 10.9. The number of rotatable bonds is 5. The van der Waals surface area contributed by atoms with Crippen LogP contribution in [0.15, 0.2) is 42.5 Å². The number of halogens is 2. The highest BCUT2D eigenvalue weighted by Gasteiger charge is 2.40. The van der Waals surface area contributed by atoms with Gasteiger partial charge in [-0.25, -0.2) is 9.86 Å². The molecule has 1 fully saturated rings. The minimum absolute atomic E-state index is 0.193. The Bertz CT molecular complexity index is 749. The summed E-state index contributed by atoms with van der Waals surface area (Å²) in [7, 11) is 0. The van der Waals surface area contributed by atoms with Gasteiger partial charge in [0.2, 0.25) is 0 Å². The third kappa shape index (κ3) is 4.12. The fourth-order valence-electron chi connectivity index (χ4n) is 2.70. The fourth-order valence-corrected chi connectivity index (χ4v) is 3.21. The van der Waals surface area contributed by atoms with Crippen molar-refractivity contribution in [3.63, 3.8) is 0 Å². The van der Waals surface area contributed by atoms with Crippen LogP contribution in [0.1, 0.15) is 17.9 Å². The van der Waals surface area contributed by atoms with E-state index >= 15 is 0 Å². The van der Waals surface area contributed by atoms with Gasteiger partial charge >= 0.3 is 6.03 Å². The Morgan fingerprint density at radius 2 is 1.92 bits per heavy atom. The summed E-state index contributed by atoms with van der Waals surface area (Å²) in [5, 5.41) is 11.0. The first-order valence-corrected chi connectivity index (χ1v) is 8.17. The molecule has 3 N–H and O–H groups in total. The minimum Gasteiger partial charge on any atom is -0.457 e. The Balaban J connectivity index is 1.68. The predicted octanol–water partition coefficient (Wildman–Crippen LogP) is 4.66. The number of hydrogen-bond acceptors (Lipinski definition) is 3. The molecule has 24 heavy (non-hydrogen) atoms. The van der Waals surface area contributed by atoms with Crippen LogP contribution < -0.4 is 10.5 Å². The van der Waals surface area contributed by atoms with Crippen LogP contribution in [0, 0.1) is 5.92 Å². The Morgan fingerprint density at radius 1 is 1.21 bits per heavy atom. The second-order valence-corrected chi connectivity index (χ2v) is 6.68. The van der Waals surface area contributed by atoms with Crippen molar-refractivity contribution in [3.05, 3.63) is 58.1 Å². The van der Waals surface area contributed by atoms with Crippen molar-refractivity contribution in [2.45, 2.75) is 12.3 Å². The number of primary amides is 1. The number of amides is 2. The number of hydroxylamine groups is 2. The molecule has 5 nitrogen and oxygen atoms in total. The van der Waals surface area contributed by atoms with Crippen molar-refractivity contribution in [2.75, 3.05) is 6.54 Å². The normalized spacial score (nSPS) is 19.0. The summed E-state index contributed by atoms with van der Waals surface area (Å²) in [6, 6.07) is 11.9. The summed E-state index contributed by atoms with van der Waals surface area (Å²) in [6.45, 7) is 0.231. The summed E-state index contributed by atoms with van der Waals surface area (Å²) in [5.74, 6) is 1.70. The third-order valence-corrected chi connectivity index (χ3v) is 4.38. The standard InChI is InChI=1S/C17H16Cl2N2O3/c18-12-6-13(19)8-15(7-12)24-14-3-1-2-10(4-14)16-5-11(16)9-21(23)17(20)22/h1-4,6-8,11,16,23H,5,9H2,(H2,20,22)/t11-,16-/m0/s1. The van der Waals surface area contributed by atoms with Gasteiger partial charge in [-0.2, -0.15) is 0 Å². The third-order valence-electron chi connectivity index (χ3n) is 3.94. The molecule has 0 unspecified atom stereocenters. The summed E-state index contributed by atoms with van der Waals surface area (Å²) >= 11 is 11.9.